The topological polar surface area (TPSA) is 17.1 Å². The summed E-state index contributed by atoms with van der Waals surface area (Å²) in [4.78, 5) is 12.0. The fourth-order valence-corrected chi connectivity index (χ4v) is 2.75. The van der Waals surface area contributed by atoms with Crippen LogP contribution >= 0.6 is 11.6 Å². The van der Waals surface area contributed by atoms with E-state index in [1.807, 2.05) is 12.1 Å². The Balaban J connectivity index is 2.07. The van der Waals surface area contributed by atoms with Gasteiger partial charge in [-0.05, 0) is 30.2 Å². The van der Waals surface area contributed by atoms with Crippen molar-refractivity contribution in [1.29, 1.82) is 0 Å². The molecule has 90 valence electrons. The molecule has 18 heavy (non-hydrogen) atoms. The molecule has 1 atom stereocenters. The number of hydrogen-bond donors (Lipinski definition) is 0. The number of carbonyl (C=O) groups excluding carboxylic acids is 1. The number of fused-ring (bicyclic) bond motifs is 1. The SMILES string of the molecule is Cc1ccc([C@H]2CC(=O)c3cc(Cl)ccc32)cc1. The molecule has 0 radical (unpaired) electrons. The second kappa shape index (κ2) is 4.25. The highest BCUT2D eigenvalue weighted by atomic mass is 35.5. The number of Topliss-reactive ketones (excluding diaryl/α,β-unsaturated/α-hetero) is 1. The van der Waals surface area contributed by atoms with E-state index in [1.54, 1.807) is 6.07 Å². The Bertz CT molecular complexity index is 613. The van der Waals surface area contributed by atoms with Gasteiger partial charge >= 0.3 is 0 Å². The molecule has 0 amide bonds. The monoisotopic (exact) mass is 256 g/mol. The van der Waals surface area contributed by atoms with Crippen molar-refractivity contribution in [2.75, 3.05) is 0 Å². The summed E-state index contributed by atoms with van der Waals surface area (Å²) in [5.74, 6) is 0.378. The zero-order valence-electron chi connectivity index (χ0n) is 10.1. The Morgan fingerprint density at radius 3 is 2.56 bits per heavy atom. The molecule has 3 rings (SSSR count). The van der Waals surface area contributed by atoms with Crippen LogP contribution in [0.2, 0.25) is 5.02 Å². The van der Waals surface area contributed by atoms with Crippen molar-refractivity contribution in [2.45, 2.75) is 19.3 Å². The van der Waals surface area contributed by atoms with Gasteiger partial charge in [-0.15, -0.1) is 0 Å². The predicted molar refractivity (Wildman–Crippen MR) is 73.4 cm³/mol. The summed E-state index contributed by atoms with van der Waals surface area (Å²) < 4.78 is 0. The third-order valence-corrected chi connectivity index (χ3v) is 3.80. The Kier molecular flexibility index (Phi) is 2.71. The molecule has 0 N–H and O–H groups in total. The Morgan fingerprint density at radius 2 is 1.83 bits per heavy atom. The molecule has 2 aromatic rings. The number of halogens is 1. The molecule has 1 nitrogen and oxygen atoms in total. The van der Waals surface area contributed by atoms with Crippen LogP contribution in [0.4, 0.5) is 0 Å². The van der Waals surface area contributed by atoms with Crippen molar-refractivity contribution >= 4 is 17.4 Å². The van der Waals surface area contributed by atoms with Gasteiger partial charge in [0.05, 0.1) is 0 Å². The van der Waals surface area contributed by atoms with Crippen molar-refractivity contribution in [1.82, 2.24) is 0 Å². The molecule has 0 heterocycles. The van der Waals surface area contributed by atoms with Crippen LogP contribution in [0.3, 0.4) is 0 Å². The van der Waals surface area contributed by atoms with Gasteiger partial charge in [0.15, 0.2) is 5.78 Å². The van der Waals surface area contributed by atoms with Crippen LogP contribution in [0.5, 0.6) is 0 Å². The van der Waals surface area contributed by atoms with Crippen molar-refractivity contribution in [3.63, 3.8) is 0 Å². The molecule has 0 unspecified atom stereocenters. The third-order valence-electron chi connectivity index (χ3n) is 3.56. The number of carbonyl (C=O) groups is 1. The number of hydrogen-bond acceptors (Lipinski definition) is 1. The Labute approximate surface area is 111 Å². The summed E-state index contributed by atoms with van der Waals surface area (Å²) in [6.07, 6.45) is 0.554. The van der Waals surface area contributed by atoms with Gasteiger partial charge in [0.2, 0.25) is 0 Å². The standard InChI is InChI=1S/C16H13ClO/c1-10-2-4-11(5-3-10)14-9-16(18)15-8-12(17)6-7-13(14)15/h2-8,14H,9H2,1H3/t14-/m1/s1. The van der Waals surface area contributed by atoms with Gasteiger partial charge in [0.1, 0.15) is 0 Å². The fraction of sp³-hybridized carbons (Fsp3) is 0.188. The molecule has 0 aliphatic heterocycles. The van der Waals surface area contributed by atoms with Gasteiger partial charge in [0.25, 0.3) is 0 Å². The molecule has 1 aliphatic rings. The van der Waals surface area contributed by atoms with E-state index < -0.39 is 0 Å². The third kappa shape index (κ3) is 1.85. The van der Waals surface area contributed by atoms with E-state index in [0.717, 1.165) is 11.1 Å². The summed E-state index contributed by atoms with van der Waals surface area (Å²) >= 11 is 5.95. The molecule has 0 aromatic heterocycles. The lowest BCUT2D eigenvalue weighted by Gasteiger charge is -2.11. The quantitative estimate of drug-likeness (QED) is 0.741. The summed E-state index contributed by atoms with van der Waals surface area (Å²) in [6, 6.07) is 14.0. The van der Waals surface area contributed by atoms with E-state index >= 15 is 0 Å². The average Bonchev–Trinajstić information content (AvgIpc) is 2.68. The average molecular weight is 257 g/mol. The number of benzene rings is 2. The van der Waals surface area contributed by atoms with Crippen molar-refractivity contribution in [3.05, 3.63) is 69.7 Å². The minimum Gasteiger partial charge on any atom is -0.294 e. The van der Waals surface area contributed by atoms with Crippen LogP contribution in [0, 0.1) is 6.92 Å². The summed E-state index contributed by atoms with van der Waals surface area (Å²) in [6.45, 7) is 2.07. The fourth-order valence-electron chi connectivity index (χ4n) is 2.58. The van der Waals surface area contributed by atoms with E-state index in [1.165, 1.54) is 11.1 Å². The maximum atomic E-state index is 12.0. The molecule has 0 bridgehead atoms. The highest BCUT2D eigenvalue weighted by molar-refractivity contribution is 6.31. The molecule has 0 spiro atoms. The van der Waals surface area contributed by atoms with E-state index in [4.69, 9.17) is 11.6 Å². The normalized spacial score (nSPS) is 17.9. The number of rotatable bonds is 1. The van der Waals surface area contributed by atoms with Crippen molar-refractivity contribution < 1.29 is 4.79 Å². The van der Waals surface area contributed by atoms with Gasteiger partial charge < -0.3 is 0 Å². The van der Waals surface area contributed by atoms with Gasteiger partial charge in [-0.2, -0.15) is 0 Å². The lowest BCUT2D eigenvalue weighted by atomic mass is 9.92. The minimum atomic E-state index is 0.186. The minimum absolute atomic E-state index is 0.186. The van der Waals surface area contributed by atoms with Crippen LogP contribution in [0.25, 0.3) is 0 Å². The van der Waals surface area contributed by atoms with Crippen LogP contribution in [0.15, 0.2) is 42.5 Å². The van der Waals surface area contributed by atoms with Crippen LogP contribution < -0.4 is 0 Å². The van der Waals surface area contributed by atoms with E-state index in [0.29, 0.717) is 11.4 Å². The van der Waals surface area contributed by atoms with Crippen LogP contribution in [0.1, 0.15) is 39.4 Å². The maximum Gasteiger partial charge on any atom is 0.164 e. The molecule has 2 aromatic carbocycles. The smallest absolute Gasteiger partial charge is 0.164 e. The van der Waals surface area contributed by atoms with Gasteiger partial charge in [0, 0.05) is 22.9 Å². The second-order valence-electron chi connectivity index (χ2n) is 4.82. The van der Waals surface area contributed by atoms with Gasteiger partial charge in [-0.3, -0.25) is 4.79 Å². The van der Waals surface area contributed by atoms with E-state index in [9.17, 15) is 4.79 Å². The molecule has 1 aliphatic carbocycles. The number of ketones is 1. The largest absolute Gasteiger partial charge is 0.294 e. The van der Waals surface area contributed by atoms with Crippen molar-refractivity contribution in [2.24, 2.45) is 0 Å². The Morgan fingerprint density at radius 1 is 1.11 bits per heavy atom. The first kappa shape index (κ1) is 11.5. The molecule has 0 fully saturated rings. The van der Waals surface area contributed by atoms with E-state index in [-0.39, 0.29) is 11.7 Å². The van der Waals surface area contributed by atoms with Crippen LogP contribution in [-0.4, -0.2) is 5.78 Å². The second-order valence-corrected chi connectivity index (χ2v) is 5.26. The first-order valence-corrected chi connectivity index (χ1v) is 6.42. The molecule has 2 heteroatoms. The lowest BCUT2D eigenvalue weighted by molar-refractivity contribution is 0.0991. The van der Waals surface area contributed by atoms with Gasteiger partial charge in [-0.25, -0.2) is 0 Å². The zero-order chi connectivity index (χ0) is 12.7. The zero-order valence-corrected chi connectivity index (χ0v) is 10.9. The van der Waals surface area contributed by atoms with Crippen molar-refractivity contribution in [3.8, 4) is 0 Å². The molecule has 0 saturated carbocycles. The molecule has 0 saturated heterocycles. The first-order chi connectivity index (χ1) is 8.65. The summed E-state index contributed by atoms with van der Waals surface area (Å²) in [5, 5.41) is 0.631. The number of aryl methyl sites for hydroxylation is 1. The summed E-state index contributed by atoms with van der Waals surface area (Å²) in [7, 11) is 0. The highest BCUT2D eigenvalue weighted by Gasteiger charge is 2.30. The molecular weight excluding hydrogens is 244 g/mol. The van der Waals surface area contributed by atoms with Crippen LogP contribution in [-0.2, 0) is 0 Å². The van der Waals surface area contributed by atoms with Gasteiger partial charge in [-0.1, -0.05) is 47.5 Å². The maximum absolute atomic E-state index is 12.0. The predicted octanol–water partition coefficient (Wildman–Crippen LogP) is 4.37. The van der Waals surface area contributed by atoms with E-state index in [2.05, 4.69) is 31.2 Å². The highest BCUT2D eigenvalue weighted by Crippen LogP contribution is 2.39. The lowest BCUT2D eigenvalue weighted by Crippen LogP contribution is -1.96. The summed E-state index contributed by atoms with van der Waals surface area (Å²) in [5.41, 5.74) is 4.33. The first-order valence-electron chi connectivity index (χ1n) is 6.04. The molecular formula is C16H13ClO. The Hall–Kier alpha value is -1.60.